The highest BCUT2D eigenvalue weighted by atomic mass is 32.1. The number of methoxy groups -OCH3 is 1. The van der Waals surface area contributed by atoms with Gasteiger partial charge in [0, 0.05) is 28.3 Å². The van der Waals surface area contributed by atoms with E-state index >= 15 is 0 Å². The van der Waals surface area contributed by atoms with Crippen molar-refractivity contribution in [1.82, 2.24) is 4.98 Å². The molecule has 0 saturated heterocycles. The quantitative estimate of drug-likeness (QED) is 0.472. The van der Waals surface area contributed by atoms with E-state index in [1.165, 1.54) is 24.5 Å². The number of thiazole rings is 1. The van der Waals surface area contributed by atoms with Gasteiger partial charge in [0.25, 0.3) is 11.6 Å². The summed E-state index contributed by atoms with van der Waals surface area (Å²) in [5.41, 5.74) is 3.66. The first kappa shape index (κ1) is 19.3. The lowest BCUT2D eigenvalue weighted by molar-refractivity contribution is -0.385. The molecule has 0 radical (unpaired) electrons. The average Bonchev–Trinajstić information content (AvgIpc) is 3.21. The van der Waals surface area contributed by atoms with Crippen molar-refractivity contribution in [2.75, 3.05) is 12.4 Å². The molecular weight excluding hydrogens is 382 g/mol. The maximum Gasteiger partial charge on any atom is 0.274 e. The fourth-order valence-electron chi connectivity index (χ4n) is 2.48. The van der Waals surface area contributed by atoms with Crippen LogP contribution in [0, 0.1) is 17.0 Å². The highest BCUT2D eigenvalue weighted by Crippen LogP contribution is 2.29. The molecular formula is C19H17N3O5S. The molecule has 3 rings (SSSR count). The SMILES string of the molecule is COc1cc(C(=O)Nc2ccc(C)c([N+](=O)[O-])c2)ccc1OCc1cscn1. The summed E-state index contributed by atoms with van der Waals surface area (Å²) < 4.78 is 11.0. The lowest BCUT2D eigenvalue weighted by Crippen LogP contribution is -2.12. The van der Waals surface area contributed by atoms with Crippen LogP contribution >= 0.6 is 11.3 Å². The molecule has 0 aliphatic carbocycles. The Morgan fingerprint density at radius 2 is 2.07 bits per heavy atom. The van der Waals surface area contributed by atoms with E-state index in [1.807, 2.05) is 5.38 Å². The minimum absolute atomic E-state index is 0.0545. The molecule has 0 saturated carbocycles. The number of benzene rings is 2. The Kier molecular flexibility index (Phi) is 5.85. The summed E-state index contributed by atoms with van der Waals surface area (Å²) in [7, 11) is 1.48. The number of ether oxygens (including phenoxy) is 2. The highest BCUT2D eigenvalue weighted by Gasteiger charge is 2.15. The van der Waals surface area contributed by atoms with E-state index < -0.39 is 10.8 Å². The fourth-order valence-corrected chi connectivity index (χ4v) is 3.02. The summed E-state index contributed by atoms with van der Waals surface area (Å²) >= 11 is 1.48. The number of rotatable bonds is 7. The molecule has 0 bridgehead atoms. The molecule has 0 aliphatic rings. The van der Waals surface area contributed by atoms with Crippen LogP contribution in [0.25, 0.3) is 0 Å². The van der Waals surface area contributed by atoms with Crippen LogP contribution < -0.4 is 14.8 Å². The van der Waals surface area contributed by atoms with Crippen molar-refractivity contribution in [2.24, 2.45) is 0 Å². The number of hydrogen-bond acceptors (Lipinski definition) is 7. The molecule has 0 aliphatic heterocycles. The molecule has 1 aromatic heterocycles. The van der Waals surface area contributed by atoms with E-state index in [9.17, 15) is 14.9 Å². The van der Waals surface area contributed by atoms with Crippen LogP contribution in [0.5, 0.6) is 11.5 Å². The van der Waals surface area contributed by atoms with Crippen molar-refractivity contribution in [3.8, 4) is 11.5 Å². The van der Waals surface area contributed by atoms with Gasteiger partial charge in [-0.25, -0.2) is 4.98 Å². The smallest absolute Gasteiger partial charge is 0.274 e. The maximum atomic E-state index is 12.5. The van der Waals surface area contributed by atoms with Gasteiger partial charge in [0.15, 0.2) is 11.5 Å². The molecule has 0 unspecified atom stereocenters. The third-order valence-corrected chi connectivity index (χ3v) is 4.58. The summed E-state index contributed by atoms with van der Waals surface area (Å²) in [6.45, 7) is 1.93. The minimum Gasteiger partial charge on any atom is -0.493 e. The standard InChI is InChI=1S/C19H17N3O5S/c1-12-3-5-14(8-16(12)22(24)25)21-19(23)13-4-6-17(18(7-13)26-2)27-9-15-10-28-11-20-15/h3-8,10-11H,9H2,1-2H3,(H,21,23). The summed E-state index contributed by atoms with van der Waals surface area (Å²) in [6.07, 6.45) is 0. The molecule has 1 heterocycles. The van der Waals surface area contributed by atoms with Crippen LogP contribution in [0.1, 0.15) is 21.6 Å². The van der Waals surface area contributed by atoms with Crippen molar-refractivity contribution >= 4 is 28.6 Å². The third kappa shape index (κ3) is 4.44. The number of anilines is 1. The van der Waals surface area contributed by atoms with E-state index in [4.69, 9.17) is 9.47 Å². The summed E-state index contributed by atoms with van der Waals surface area (Å²) in [5.74, 6) is 0.471. The largest absolute Gasteiger partial charge is 0.493 e. The fraction of sp³-hybridized carbons (Fsp3) is 0.158. The van der Waals surface area contributed by atoms with Gasteiger partial charge < -0.3 is 14.8 Å². The molecule has 144 valence electrons. The Hall–Kier alpha value is -3.46. The summed E-state index contributed by atoms with van der Waals surface area (Å²) in [5, 5.41) is 15.6. The van der Waals surface area contributed by atoms with Crippen molar-refractivity contribution in [1.29, 1.82) is 0 Å². The number of nitrogens with zero attached hydrogens (tertiary/aromatic N) is 2. The van der Waals surface area contributed by atoms with Crippen molar-refractivity contribution in [3.05, 3.63) is 74.2 Å². The van der Waals surface area contributed by atoms with Gasteiger partial charge in [-0.05, 0) is 31.2 Å². The van der Waals surface area contributed by atoms with E-state index in [0.29, 0.717) is 34.9 Å². The van der Waals surface area contributed by atoms with Gasteiger partial charge >= 0.3 is 0 Å². The van der Waals surface area contributed by atoms with Crippen LogP contribution in [0.15, 0.2) is 47.3 Å². The first-order valence-corrected chi connectivity index (χ1v) is 9.16. The van der Waals surface area contributed by atoms with E-state index in [2.05, 4.69) is 10.3 Å². The molecule has 1 N–H and O–H groups in total. The normalized spacial score (nSPS) is 10.4. The number of aromatic nitrogens is 1. The molecule has 28 heavy (non-hydrogen) atoms. The number of nitrogens with one attached hydrogen (secondary N) is 1. The lowest BCUT2D eigenvalue weighted by Gasteiger charge is -2.12. The molecule has 8 nitrogen and oxygen atoms in total. The molecule has 9 heteroatoms. The number of nitro benzene ring substituents is 1. The first-order valence-electron chi connectivity index (χ1n) is 8.22. The van der Waals surface area contributed by atoms with Crippen LogP contribution in [0.2, 0.25) is 0 Å². The van der Waals surface area contributed by atoms with Crippen LogP contribution in [-0.4, -0.2) is 22.9 Å². The molecule has 0 atom stereocenters. The number of aryl methyl sites for hydroxylation is 1. The third-order valence-electron chi connectivity index (χ3n) is 3.95. The summed E-state index contributed by atoms with van der Waals surface area (Å²) in [4.78, 5) is 27.2. The number of carbonyl (C=O) groups is 1. The zero-order valence-electron chi connectivity index (χ0n) is 15.2. The summed E-state index contributed by atoms with van der Waals surface area (Å²) in [6, 6.07) is 9.31. The Bertz CT molecular complexity index is 1000. The Morgan fingerprint density at radius 3 is 2.75 bits per heavy atom. The maximum absolute atomic E-state index is 12.5. The van der Waals surface area contributed by atoms with Gasteiger partial charge in [0.1, 0.15) is 6.61 Å². The first-order chi connectivity index (χ1) is 13.5. The molecule has 1 amide bonds. The van der Waals surface area contributed by atoms with E-state index in [0.717, 1.165) is 5.69 Å². The highest BCUT2D eigenvalue weighted by molar-refractivity contribution is 7.07. The number of amides is 1. The second-order valence-corrected chi connectivity index (χ2v) is 6.57. The second-order valence-electron chi connectivity index (χ2n) is 5.85. The van der Waals surface area contributed by atoms with Gasteiger partial charge in [-0.15, -0.1) is 11.3 Å². The predicted octanol–water partition coefficient (Wildman–Crippen LogP) is 4.20. The van der Waals surface area contributed by atoms with Crippen molar-refractivity contribution < 1.29 is 19.2 Å². The molecule has 3 aromatic rings. The predicted molar refractivity (Wildman–Crippen MR) is 105 cm³/mol. The number of hydrogen-bond donors (Lipinski definition) is 1. The lowest BCUT2D eigenvalue weighted by atomic mass is 10.1. The number of carbonyl (C=O) groups excluding carboxylic acids is 1. The Labute approximate surface area is 164 Å². The van der Waals surface area contributed by atoms with Gasteiger partial charge in [0.05, 0.1) is 23.2 Å². The Morgan fingerprint density at radius 1 is 1.25 bits per heavy atom. The van der Waals surface area contributed by atoms with Crippen LogP contribution in [0.4, 0.5) is 11.4 Å². The van der Waals surface area contributed by atoms with Gasteiger partial charge in [-0.2, -0.15) is 0 Å². The van der Waals surface area contributed by atoms with Gasteiger partial charge in [0.2, 0.25) is 0 Å². The molecule has 0 spiro atoms. The van der Waals surface area contributed by atoms with E-state index in [-0.39, 0.29) is 5.69 Å². The molecule has 2 aromatic carbocycles. The van der Waals surface area contributed by atoms with Crippen molar-refractivity contribution in [3.63, 3.8) is 0 Å². The minimum atomic E-state index is -0.484. The van der Waals surface area contributed by atoms with E-state index in [1.54, 1.807) is 42.8 Å². The average molecular weight is 399 g/mol. The number of nitro groups is 1. The van der Waals surface area contributed by atoms with Crippen LogP contribution in [-0.2, 0) is 6.61 Å². The zero-order valence-corrected chi connectivity index (χ0v) is 16.0. The second kappa shape index (κ2) is 8.49. The topological polar surface area (TPSA) is 104 Å². The van der Waals surface area contributed by atoms with Crippen molar-refractivity contribution in [2.45, 2.75) is 13.5 Å². The zero-order chi connectivity index (χ0) is 20.1. The molecule has 0 fully saturated rings. The van der Waals surface area contributed by atoms with Crippen LogP contribution in [0.3, 0.4) is 0 Å². The van der Waals surface area contributed by atoms with Gasteiger partial charge in [-0.3, -0.25) is 14.9 Å². The van der Waals surface area contributed by atoms with Gasteiger partial charge in [-0.1, -0.05) is 6.07 Å². The monoisotopic (exact) mass is 399 g/mol. The Balaban J connectivity index is 1.75.